The standard InChI is InChI=1S/C46H78N14O17/c1-22(2)13-28(40(70)57-32(19-63)43(73)58-33(20-64)46(76)77)55-45(75)36(24(5)65)60-44(74)35(23(3)4)59-39(69)27(9-6-7-11-47)53-41(71)29(14-25-15-48-21-51-25)54-42(72)31(18-62)52-34(66)16-50-37(67)30(17-61)56-38(68)26-10-8-12-49-26/h15,21-24,26-33,35-36,49,61-65H,6-14,16-20,47H2,1-5H3,(H,48,51)(H,50,67)(H,52,66)(H,53,71)(H,54,72)(H,55,75)(H,56,68)(H,57,70)(H,58,73)(H,59,69)(H,60,74)(H,76,77)/t24-,26+,27+,28+,29+,30+,31+,32+,33+,35+,36+/m1/s1. The number of nitrogens with two attached hydrogens (primary N) is 1. The zero-order valence-electron chi connectivity index (χ0n) is 43.8. The Morgan fingerprint density at radius 2 is 1.13 bits per heavy atom. The van der Waals surface area contributed by atoms with Gasteiger partial charge in [-0.05, 0) is 70.4 Å². The van der Waals surface area contributed by atoms with Crippen LogP contribution in [0.4, 0.5) is 0 Å². The third kappa shape index (κ3) is 22.7. The zero-order chi connectivity index (χ0) is 57.9. The first kappa shape index (κ1) is 66.2. The topological polar surface area (TPSA) is 496 Å². The molecule has 0 radical (unpaired) electrons. The summed E-state index contributed by atoms with van der Waals surface area (Å²) < 4.78 is 0. The van der Waals surface area contributed by atoms with Crippen LogP contribution in [0.5, 0.6) is 0 Å². The van der Waals surface area contributed by atoms with Gasteiger partial charge in [0.15, 0.2) is 0 Å². The van der Waals surface area contributed by atoms with E-state index in [1.165, 1.54) is 12.5 Å². The van der Waals surface area contributed by atoms with Gasteiger partial charge in [0, 0.05) is 18.3 Å². The van der Waals surface area contributed by atoms with Gasteiger partial charge in [0.05, 0.1) is 51.4 Å². The van der Waals surface area contributed by atoms with Crippen molar-refractivity contribution in [2.24, 2.45) is 17.6 Å². The Morgan fingerprint density at radius 3 is 1.65 bits per heavy atom. The number of carboxylic acids is 1. The van der Waals surface area contributed by atoms with Gasteiger partial charge in [0.25, 0.3) is 0 Å². The summed E-state index contributed by atoms with van der Waals surface area (Å²) in [4.78, 5) is 152. The highest BCUT2D eigenvalue weighted by Gasteiger charge is 2.37. The SMILES string of the molecule is CC(C)C[C@H](NC(=O)[C@@H](NC(=O)[C@@H](NC(=O)[C@H](CCCCN)NC(=O)[C@H](Cc1cnc[nH]1)NC(=O)[C@H](CO)NC(=O)CNC(=O)[C@H](CO)NC(=O)[C@@H]1CCCN1)C(C)C)[C@@H](C)O)C(=O)N[C@@H](CO)C(=O)N[C@@H](CO)C(=O)O. The molecule has 1 fully saturated rings. The molecule has 0 spiro atoms. The van der Waals surface area contributed by atoms with E-state index >= 15 is 0 Å². The molecule has 31 heteroatoms. The minimum atomic E-state index is -1.77. The molecule has 31 nitrogen and oxygen atoms in total. The van der Waals surface area contributed by atoms with Crippen molar-refractivity contribution < 1.29 is 83.4 Å². The summed E-state index contributed by atoms with van der Waals surface area (Å²) in [7, 11) is 0. The van der Waals surface area contributed by atoms with Gasteiger partial charge in [-0.2, -0.15) is 0 Å². The summed E-state index contributed by atoms with van der Waals surface area (Å²) in [5.74, 6) is -12.2. The molecule has 0 aliphatic carbocycles. The number of aliphatic hydroxyl groups is 5. The maximum atomic E-state index is 14.1. The number of carbonyl (C=O) groups excluding carboxylic acids is 10. The normalized spacial score (nSPS) is 17.1. The number of carbonyl (C=O) groups is 11. The molecule has 1 aromatic heterocycles. The van der Waals surface area contributed by atoms with Gasteiger partial charge in [-0.25, -0.2) is 9.78 Å². The Kier molecular flexibility index (Phi) is 29.2. The summed E-state index contributed by atoms with van der Waals surface area (Å²) in [6, 6.07) is -14.7. The van der Waals surface area contributed by atoms with Crippen LogP contribution in [0.15, 0.2) is 12.5 Å². The Morgan fingerprint density at radius 1 is 0.623 bits per heavy atom. The lowest BCUT2D eigenvalue weighted by Crippen LogP contribution is -2.63. The third-order valence-electron chi connectivity index (χ3n) is 11.9. The molecule has 1 aliphatic rings. The fraction of sp³-hybridized carbons (Fsp3) is 0.696. The molecule has 11 atom stereocenters. The fourth-order valence-electron chi connectivity index (χ4n) is 7.56. The average molecular weight is 1100 g/mol. The van der Waals surface area contributed by atoms with Gasteiger partial charge in [0.2, 0.25) is 59.1 Å². The van der Waals surface area contributed by atoms with Crippen molar-refractivity contribution >= 4 is 65.0 Å². The number of aliphatic carboxylic acids is 1. The predicted molar refractivity (Wildman–Crippen MR) is 269 cm³/mol. The van der Waals surface area contributed by atoms with Crippen molar-refractivity contribution in [2.75, 3.05) is 46.1 Å². The van der Waals surface area contributed by atoms with E-state index in [4.69, 9.17) is 5.73 Å². The number of amides is 10. The number of hydrogen-bond donors (Lipinski definition) is 19. The van der Waals surface area contributed by atoms with Crippen LogP contribution in [-0.4, -0.2) is 218 Å². The molecule has 0 saturated carbocycles. The average Bonchev–Trinajstić information content (AvgIpc) is 4.12. The number of nitrogens with zero attached hydrogens (tertiary/aromatic N) is 1. The van der Waals surface area contributed by atoms with Gasteiger partial charge < -0.3 is 99.8 Å². The van der Waals surface area contributed by atoms with Gasteiger partial charge in [-0.1, -0.05) is 27.7 Å². The lowest BCUT2D eigenvalue weighted by molar-refractivity contribution is -0.143. The molecule has 20 N–H and O–H groups in total. The number of carboxylic acid groups (broad SMARTS) is 1. The zero-order valence-corrected chi connectivity index (χ0v) is 43.8. The van der Waals surface area contributed by atoms with Crippen molar-refractivity contribution in [3.05, 3.63) is 18.2 Å². The van der Waals surface area contributed by atoms with E-state index < -0.39 is 170 Å². The van der Waals surface area contributed by atoms with Gasteiger partial charge in [0.1, 0.15) is 54.4 Å². The summed E-state index contributed by atoms with van der Waals surface area (Å²) in [6.07, 6.45) is 2.54. The van der Waals surface area contributed by atoms with Crippen LogP contribution in [0.2, 0.25) is 0 Å². The molecule has 0 unspecified atom stereocenters. The number of rotatable bonds is 35. The smallest absolute Gasteiger partial charge is 0.328 e. The molecule has 1 aliphatic heterocycles. The van der Waals surface area contributed by atoms with Crippen LogP contribution >= 0.6 is 0 Å². The Balaban J connectivity index is 2.26. The number of aliphatic hydroxyl groups excluding tert-OH is 5. The quantitative estimate of drug-likeness (QED) is 0.0281. The number of nitrogens with one attached hydrogen (secondary N) is 12. The minimum absolute atomic E-state index is 0.0519. The van der Waals surface area contributed by atoms with Crippen LogP contribution < -0.4 is 64.2 Å². The van der Waals surface area contributed by atoms with Gasteiger partial charge >= 0.3 is 5.97 Å². The van der Waals surface area contributed by atoms with Crippen LogP contribution in [0.1, 0.15) is 78.8 Å². The number of aromatic amines is 1. The molecule has 1 saturated heterocycles. The summed E-state index contributed by atoms with van der Waals surface area (Å²) in [5, 5.41) is 85.2. The Labute approximate surface area is 443 Å². The third-order valence-corrected chi connectivity index (χ3v) is 11.9. The Hall–Kier alpha value is -6.90. The molecular formula is C46H78N14O17. The number of imidazole rings is 1. The van der Waals surface area contributed by atoms with Crippen LogP contribution in [0.25, 0.3) is 0 Å². The first-order valence-corrected chi connectivity index (χ1v) is 25.2. The number of hydrogen-bond acceptors (Lipinski definition) is 19. The Bertz CT molecular complexity index is 2130. The fourth-order valence-corrected chi connectivity index (χ4v) is 7.56. The molecule has 2 rings (SSSR count). The van der Waals surface area contributed by atoms with Crippen LogP contribution in [-0.2, 0) is 59.2 Å². The summed E-state index contributed by atoms with van der Waals surface area (Å²) >= 11 is 0. The molecule has 10 amide bonds. The van der Waals surface area contributed by atoms with E-state index in [1.54, 1.807) is 27.7 Å². The second-order valence-electron chi connectivity index (χ2n) is 19.1. The van der Waals surface area contributed by atoms with Crippen LogP contribution in [0.3, 0.4) is 0 Å². The lowest BCUT2D eigenvalue weighted by atomic mass is 9.99. The maximum Gasteiger partial charge on any atom is 0.328 e. The monoisotopic (exact) mass is 1100 g/mol. The van der Waals surface area contributed by atoms with Crippen molar-refractivity contribution in [1.29, 1.82) is 0 Å². The molecule has 2 heterocycles. The highest BCUT2D eigenvalue weighted by molar-refractivity contribution is 5.98. The largest absolute Gasteiger partial charge is 0.480 e. The highest BCUT2D eigenvalue weighted by Crippen LogP contribution is 2.11. The summed E-state index contributed by atoms with van der Waals surface area (Å²) in [6.45, 7) is 3.87. The lowest BCUT2D eigenvalue weighted by Gasteiger charge is -2.30. The van der Waals surface area contributed by atoms with E-state index in [2.05, 4.69) is 63.1 Å². The second kappa shape index (κ2) is 34.0. The van der Waals surface area contributed by atoms with E-state index in [9.17, 15) is 83.4 Å². The second-order valence-corrected chi connectivity index (χ2v) is 19.1. The molecule has 434 valence electrons. The molecule has 77 heavy (non-hydrogen) atoms. The number of aromatic nitrogens is 2. The van der Waals surface area contributed by atoms with Crippen molar-refractivity contribution in [1.82, 2.24) is 68.5 Å². The number of unbranched alkanes of at least 4 members (excludes halogenated alkanes) is 1. The van der Waals surface area contributed by atoms with Crippen molar-refractivity contribution in [2.45, 2.75) is 146 Å². The molecule has 0 aromatic carbocycles. The predicted octanol–water partition coefficient (Wildman–Crippen LogP) is -8.55. The van der Waals surface area contributed by atoms with Crippen molar-refractivity contribution in [3.63, 3.8) is 0 Å². The van der Waals surface area contributed by atoms with Crippen molar-refractivity contribution in [3.8, 4) is 0 Å². The molecule has 1 aromatic rings. The minimum Gasteiger partial charge on any atom is -0.480 e. The van der Waals surface area contributed by atoms with Crippen LogP contribution in [0, 0.1) is 11.8 Å². The van der Waals surface area contributed by atoms with E-state index in [1.807, 2.05) is 5.32 Å². The summed E-state index contributed by atoms with van der Waals surface area (Å²) in [5.41, 5.74) is 6.04. The highest BCUT2D eigenvalue weighted by atomic mass is 16.4. The first-order valence-electron chi connectivity index (χ1n) is 25.2. The van der Waals surface area contributed by atoms with E-state index in [0.717, 1.165) is 13.3 Å². The molecular weight excluding hydrogens is 1020 g/mol. The van der Waals surface area contributed by atoms with Gasteiger partial charge in [-0.3, -0.25) is 47.9 Å². The first-order chi connectivity index (χ1) is 36.4. The number of H-pyrrole nitrogens is 1. The van der Waals surface area contributed by atoms with E-state index in [-0.39, 0.29) is 38.1 Å². The maximum absolute atomic E-state index is 14.1. The van der Waals surface area contributed by atoms with Gasteiger partial charge in [-0.15, -0.1) is 0 Å². The molecule has 0 bridgehead atoms. The van der Waals surface area contributed by atoms with E-state index in [0.29, 0.717) is 25.1 Å².